The number of methoxy groups -OCH3 is 1. The van der Waals surface area contributed by atoms with Crippen LogP contribution in [0.4, 0.5) is 0 Å². The Labute approximate surface area is 123 Å². The van der Waals surface area contributed by atoms with Gasteiger partial charge in [-0.25, -0.2) is 9.78 Å². The van der Waals surface area contributed by atoms with Gasteiger partial charge in [-0.15, -0.1) is 0 Å². The molecule has 3 rings (SSSR count). The number of carbonyl (C=O) groups is 1. The first-order valence-electron chi connectivity index (χ1n) is 7.10. The number of carboxylic acids is 1. The van der Waals surface area contributed by atoms with E-state index >= 15 is 0 Å². The summed E-state index contributed by atoms with van der Waals surface area (Å²) < 4.78 is 7.42. The van der Waals surface area contributed by atoms with E-state index in [1.807, 2.05) is 28.8 Å². The van der Waals surface area contributed by atoms with Crippen LogP contribution in [0.15, 0.2) is 24.3 Å². The smallest absolute Gasteiger partial charge is 0.356 e. The van der Waals surface area contributed by atoms with Crippen molar-refractivity contribution in [1.82, 2.24) is 9.55 Å². The summed E-state index contributed by atoms with van der Waals surface area (Å²) in [5.41, 5.74) is 1.83. The molecule has 0 bridgehead atoms. The standard InChI is InChI=1S/C16H18N2O3/c1-10-6-5-9-18-14(10)13(16(19)20)17-15(18)11-7-3-4-8-12(11)21-2/h3-4,7-8,10H,5-6,9H2,1-2H3,(H,19,20). The molecular weight excluding hydrogens is 268 g/mol. The lowest BCUT2D eigenvalue weighted by atomic mass is 9.96. The molecule has 2 aromatic rings. The van der Waals surface area contributed by atoms with Gasteiger partial charge in [-0.3, -0.25) is 0 Å². The molecule has 1 aliphatic heterocycles. The van der Waals surface area contributed by atoms with Crippen molar-refractivity contribution in [2.75, 3.05) is 7.11 Å². The summed E-state index contributed by atoms with van der Waals surface area (Å²) in [5, 5.41) is 9.44. The van der Waals surface area contributed by atoms with Gasteiger partial charge in [0.15, 0.2) is 5.69 Å². The van der Waals surface area contributed by atoms with Gasteiger partial charge in [-0.05, 0) is 30.9 Å². The summed E-state index contributed by atoms with van der Waals surface area (Å²) in [6, 6.07) is 7.58. The first kappa shape index (κ1) is 13.7. The third-order valence-corrected chi connectivity index (χ3v) is 4.04. The molecular formula is C16H18N2O3. The molecule has 0 radical (unpaired) electrons. The number of aromatic nitrogens is 2. The maximum Gasteiger partial charge on any atom is 0.356 e. The van der Waals surface area contributed by atoms with E-state index in [0.717, 1.165) is 30.6 Å². The van der Waals surface area contributed by atoms with E-state index in [2.05, 4.69) is 11.9 Å². The van der Waals surface area contributed by atoms with E-state index < -0.39 is 5.97 Å². The molecule has 110 valence electrons. The van der Waals surface area contributed by atoms with Gasteiger partial charge in [0, 0.05) is 6.54 Å². The average molecular weight is 286 g/mol. The first-order valence-corrected chi connectivity index (χ1v) is 7.10. The van der Waals surface area contributed by atoms with Crippen LogP contribution in [0.3, 0.4) is 0 Å². The van der Waals surface area contributed by atoms with Gasteiger partial charge in [-0.2, -0.15) is 0 Å². The van der Waals surface area contributed by atoms with Gasteiger partial charge < -0.3 is 14.4 Å². The highest BCUT2D eigenvalue weighted by atomic mass is 16.5. The van der Waals surface area contributed by atoms with Crippen molar-refractivity contribution in [3.8, 4) is 17.1 Å². The molecule has 1 unspecified atom stereocenters. The largest absolute Gasteiger partial charge is 0.496 e. The lowest BCUT2D eigenvalue weighted by Crippen LogP contribution is -2.16. The molecule has 0 aliphatic carbocycles. The minimum atomic E-state index is -0.964. The fourth-order valence-electron chi connectivity index (χ4n) is 3.08. The number of imidazole rings is 1. The summed E-state index contributed by atoms with van der Waals surface area (Å²) in [6.45, 7) is 2.86. The maximum absolute atomic E-state index is 11.5. The molecule has 1 aromatic heterocycles. The van der Waals surface area contributed by atoms with Gasteiger partial charge in [0.2, 0.25) is 0 Å². The van der Waals surface area contributed by atoms with Crippen LogP contribution in [0, 0.1) is 0 Å². The maximum atomic E-state index is 11.5. The van der Waals surface area contributed by atoms with Crippen molar-refractivity contribution < 1.29 is 14.6 Å². The fraction of sp³-hybridized carbons (Fsp3) is 0.375. The summed E-state index contributed by atoms with van der Waals surface area (Å²) in [4.78, 5) is 15.9. The Morgan fingerprint density at radius 2 is 2.19 bits per heavy atom. The van der Waals surface area contributed by atoms with Crippen LogP contribution in [0.25, 0.3) is 11.4 Å². The van der Waals surface area contributed by atoms with Crippen molar-refractivity contribution in [2.45, 2.75) is 32.2 Å². The Bertz CT molecular complexity index is 691. The highest BCUT2D eigenvalue weighted by Gasteiger charge is 2.29. The van der Waals surface area contributed by atoms with Crippen molar-refractivity contribution in [1.29, 1.82) is 0 Å². The number of carboxylic acid groups (broad SMARTS) is 1. The van der Waals surface area contributed by atoms with Crippen LogP contribution in [-0.2, 0) is 6.54 Å². The van der Waals surface area contributed by atoms with E-state index in [1.54, 1.807) is 7.11 Å². The highest BCUT2D eigenvalue weighted by Crippen LogP contribution is 2.37. The number of ether oxygens (including phenoxy) is 1. The van der Waals surface area contributed by atoms with Crippen molar-refractivity contribution in [3.63, 3.8) is 0 Å². The monoisotopic (exact) mass is 286 g/mol. The van der Waals surface area contributed by atoms with Crippen LogP contribution >= 0.6 is 0 Å². The van der Waals surface area contributed by atoms with E-state index in [1.165, 1.54) is 0 Å². The van der Waals surface area contributed by atoms with E-state index in [9.17, 15) is 9.90 Å². The SMILES string of the molecule is COc1ccccc1-c1nc(C(=O)O)c2n1CCCC2C. The molecule has 0 spiro atoms. The fourth-order valence-corrected chi connectivity index (χ4v) is 3.08. The molecule has 0 amide bonds. The molecule has 5 heteroatoms. The molecule has 1 atom stereocenters. The van der Waals surface area contributed by atoms with E-state index in [0.29, 0.717) is 11.6 Å². The van der Waals surface area contributed by atoms with Gasteiger partial charge in [0.25, 0.3) is 0 Å². The number of para-hydroxylation sites is 1. The zero-order chi connectivity index (χ0) is 15.0. The number of nitrogens with zero attached hydrogens (tertiary/aromatic N) is 2. The molecule has 1 aliphatic rings. The average Bonchev–Trinajstić information content (AvgIpc) is 2.88. The van der Waals surface area contributed by atoms with E-state index in [-0.39, 0.29) is 11.6 Å². The minimum Gasteiger partial charge on any atom is -0.496 e. The molecule has 0 saturated carbocycles. The minimum absolute atomic E-state index is 0.170. The molecule has 1 aromatic carbocycles. The number of aromatic carboxylic acids is 1. The van der Waals surface area contributed by atoms with Crippen molar-refractivity contribution >= 4 is 5.97 Å². The lowest BCUT2D eigenvalue weighted by molar-refractivity contribution is 0.0688. The zero-order valence-electron chi connectivity index (χ0n) is 12.2. The van der Waals surface area contributed by atoms with Crippen LogP contribution < -0.4 is 4.74 Å². The number of rotatable bonds is 3. The molecule has 1 N–H and O–H groups in total. The molecule has 2 heterocycles. The predicted octanol–water partition coefficient (Wildman–Crippen LogP) is 3.15. The van der Waals surface area contributed by atoms with Crippen molar-refractivity contribution in [2.24, 2.45) is 0 Å². The number of benzene rings is 1. The Kier molecular flexibility index (Phi) is 3.41. The van der Waals surface area contributed by atoms with Crippen LogP contribution in [-0.4, -0.2) is 27.7 Å². The van der Waals surface area contributed by atoms with Crippen molar-refractivity contribution in [3.05, 3.63) is 35.7 Å². The molecule has 0 fully saturated rings. The Balaban J connectivity index is 2.24. The van der Waals surface area contributed by atoms with E-state index in [4.69, 9.17) is 4.74 Å². The number of hydrogen-bond acceptors (Lipinski definition) is 3. The third-order valence-electron chi connectivity index (χ3n) is 4.04. The van der Waals surface area contributed by atoms with Crippen LogP contribution in [0.1, 0.15) is 41.9 Å². The second-order valence-electron chi connectivity index (χ2n) is 5.37. The molecule has 0 saturated heterocycles. The van der Waals surface area contributed by atoms with Gasteiger partial charge in [0.1, 0.15) is 11.6 Å². The van der Waals surface area contributed by atoms with Gasteiger partial charge in [0.05, 0.1) is 18.4 Å². The molecule has 5 nitrogen and oxygen atoms in total. The predicted molar refractivity (Wildman–Crippen MR) is 78.8 cm³/mol. The topological polar surface area (TPSA) is 64.3 Å². The highest BCUT2D eigenvalue weighted by molar-refractivity contribution is 5.88. The van der Waals surface area contributed by atoms with Crippen LogP contribution in [0.2, 0.25) is 0 Å². The summed E-state index contributed by atoms with van der Waals surface area (Å²) in [7, 11) is 1.61. The second kappa shape index (κ2) is 5.24. The van der Waals surface area contributed by atoms with Gasteiger partial charge >= 0.3 is 5.97 Å². The Morgan fingerprint density at radius 3 is 2.90 bits per heavy atom. The zero-order valence-corrected chi connectivity index (χ0v) is 12.2. The quantitative estimate of drug-likeness (QED) is 0.941. The third kappa shape index (κ3) is 2.18. The number of fused-ring (bicyclic) bond motifs is 1. The first-order chi connectivity index (χ1) is 10.1. The van der Waals surface area contributed by atoms with Gasteiger partial charge in [-0.1, -0.05) is 19.1 Å². The summed E-state index contributed by atoms with van der Waals surface area (Å²) >= 11 is 0. The van der Waals surface area contributed by atoms with Crippen LogP contribution in [0.5, 0.6) is 5.75 Å². The normalized spacial score (nSPS) is 17.3. The summed E-state index contributed by atoms with van der Waals surface area (Å²) in [6.07, 6.45) is 2.03. The Hall–Kier alpha value is -2.30. The number of hydrogen-bond donors (Lipinski definition) is 1. The molecule has 21 heavy (non-hydrogen) atoms. The second-order valence-corrected chi connectivity index (χ2v) is 5.37. The summed E-state index contributed by atoms with van der Waals surface area (Å²) in [5.74, 6) is 0.640. The lowest BCUT2D eigenvalue weighted by Gasteiger charge is -2.23. The Morgan fingerprint density at radius 1 is 1.43 bits per heavy atom.